The lowest BCUT2D eigenvalue weighted by molar-refractivity contribution is -0.151. The molecule has 29 heavy (non-hydrogen) atoms. The number of anilines is 2. The Morgan fingerprint density at radius 2 is 1.83 bits per heavy atom. The molecule has 7 heteroatoms. The van der Waals surface area contributed by atoms with Gasteiger partial charge in [-0.3, -0.25) is 9.59 Å². The zero-order chi connectivity index (χ0) is 20.7. The molecule has 2 aromatic rings. The van der Waals surface area contributed by atoms with E-state index in [0.717, 1.165) is 22.6 Å². The Hall–Kier alpha value is -2.50. The van der Waals surface area contributed by atoms with Crippen molar-refractivity contribution in [2.24, 2.45) is 11.8 Å². The summed E-state index contributed by atoms with van der Waals surface area (Å²) in [7, 11) is 1.31. The zero-order valence-electron chi connectivity index (χ0n) is 16.0. The molecule has 0 unspecified atom stereocenters. The van der Waals surface area contributed by atoms with E-state index >= 15 is 0 Å². The van der Waals surface area contributed by atoms with E-state index in [1.807, 2.05) is 37.3 Å². The van der Waals surface area contributed by atoms with Crippen molar-refractivity contribution in [1.82, 2.24) is 0 Å². The zero-order valence-corrected chi connectivity index (χ0v) is 17.5. The van der Waals surface area contributed by atoms with Crippen LogP contribution in [0, 0.1) is 11.8 Å². The van der Waals surface area contributed by atoms with Crippen LogP contribution in [0.3, 0.4) is 0 Å². The predicted molar refractivity (Wildman–Crippen MR) is 114 cm³/mol. The van der Waals surface area contributed by atoms with Crippen molar-refractivity contribution in [2.45, 2.75) is 19.4 Å². The number of benzene rings is 2. The quantitative estimate of drug-likeness (QED) is 0.504. The number of hydrogen-bond acceptors (Lipinski definition) is 5. The normalized spacial score (nSPS) is 23.3. The Kier molecular flexibility index (Phi) is 5.28. The number of ether oxygens (including phenoxy) is 1. The topological polar surface area (TPSA) is 67.4 Å². The maximum atomic E-state index is 13.5. The minimum absolute atomic E-state index is 0.180. The Morgan fingerprint density at radius 3 is 2.52 bits per heavy atom. The molecule has 150 valence electrons. The highest BCUT2D eigenvalue weighted by Crippen LogP contribution is 2.44. The predicted octanol–water partition coefficient (Wildman–Crippen LogP) is 5.22. The summed E-state index contributed by atoms with van der Waals surface area (Å²) in [6.07, 6.45) is 0.550. The number of halogens is 2. The third-order valence-electron chi connectivity index (χ3n) is 5.50. The number of esters is 1. The van der Waals surface area contributed by atoms with E-state index in [2.05, 4.69) is 10.6 Å². The molecular formula is C22H20Cl2N2O3. The van der Waals surface area contributed by atoms with Gasteiger partial charge in [0.1, 0.15) is 5.92 Å². The van der Waals surface area contributed by atoms with Gasteiger partial charge in [-0.2, -0.15) is 0 Å². The third-order valence-corrected chi connectivity index (χ3v) is 6.24. The highest BCUT2D eigenvalue weighted by Gasteiger charge is 2.44. The first kappa shape index (κ1) is 19.8. The standard InChI is InChI=1S/C22H20Cl2N2O3/c1-11-9-17-19(21(27)18(11)22(28)29-2)20(12-7-8-13(23)14(24)10-12)26-16-6-4-3-5-15(16)25-17/h3-8,10-11,18,20,25-26H,9H2,1-2H3/t11-,18-,20+/m1/s1. The van der Waals surface area contributed by atoms with Gasteiger partial charge >= 0.3 is 5.97 Å². The van der Waals surface area contributed by atoms with Crippen LogP contribution >= 0.6 is 23.2 Å². The molecule has 4 rings (SSSR count). The van der Waals surface area contributed by atoms with Crippen LogP contribution < -0.4 is 10.6 Å². The fourth-order valence-electron chi connectivity index (χ4n) is 4.08. The van der Waals surface area contributed by atoms with E-state index in [9.17, 15) is 9.59 Å². The summed E-state index contributed by atoms with van der Waals surface area (Å²) < 4.78 is 4.92. The lowest BCUT2D eigenvalue weighted by Gasteiger charge is -2.32. The van der Waals surface area contributed by atoms with E-state index in [-0.39, 0.29) is 11.7 Å². The summed E-state index contributed by atoms with van der Waals surface area (Å²) in [6, 6.07) is 12.6. The van der Waals surface area contributed by atoms with Gasteiger partial charge in [0.2, 0.25) is 0 Å². The number of methoxy groups -OCH3 is 1. The molecule has 2 N–H and O–H groups in total. The molecular weight excluding hydrogens is 411 g/mol. The second-order valence-electron chi connectivity index (χ2n) is 7.36. The van der Waals surface area contributed by atoms with Crippen LogP contribution in [0.15, 0.2) is 53.7 Å². The SMILES string of the molecule is COC(=O)[C@H]1C(=O)C2=C(C[C@H]1C)Nc1ccccc1N[C@H]2c1ccc(Cl)c(Cl)c1. The minimum atomic E-state index is -0.839. The minimum Gasteiger partial charge on any atom is -0.468 e. The molecule has 5 nitrogen and oxygen atoms in total. The number of carbonyl (C=O) groups is 2. The first-order valence-electron chi connectivity index (χ1n) is 9.33. The Morgan fingerprint density at radius 1 is 1.10 bits per heavy atom. The summed E-state index contributed by atoms with van der Waals surface area (Å²) in [6.45, 7) is 1.89. The number of carbonyl (C=O) groups excluding carboxylic acids is 2. The van der Waals surface area contributed by atoms with Crippen molar-refractivity contribution < 1.29 is 14.3 Å². The molecule has 0 bridgehead atoms. The van der Waals surface area contributed by atoms with E-state index in [4.69, 9.17) is 27.9 Å². The molecule has 0 aromatic heterocycles. The van der Waals surface area contributed by atoms with Crippen molar-refractivity contribution in [3.63, 3.8) is 0 Å². The highest BCUT2D eigenvalue weighted by atomic mass is 35.5. The Labute approximate surface area is 179 Å². The van der Waals surface area contributed by atoms with E-state index in [1.165, 1.54) is 7.11 Å². The van der Waals surface area contributed by atoms with Crippen LogP contribution in [0.1, 0.15) is 24.9 Å². The third kappa shape index (κ3) is 3.49. The lowest BCUT2D eigenvalue weighted by Crippen LogP contribution is -2.39. The Balaban J connectivity index is 1.89. The van der Waals surface area contributed by atoms with Crippen molar-refractivity contribution in [3.8, 4) is 0 Å². The molecule has 0 fully saturated rings. The van der Waals surface area contributed by atoms with Gasteiger partial charge in [0, 0.05) is 11.3 Å². The van der Waals surface area contributed by atoms with Gasteiger partial charge < -0.3 is 15.4 Å². The summed E-state index contributed by atoms with van der Waals surface area (Å²) in [5.41, 5.74) is 3.84. The van der Waals surface area contributed by atoms with Crippen molar-refractivity contribution in [3.05, 3.63) is 69.3 Å². The van der Waals surface area contributed by atoms with Crippen LogP contribution in [0.25, 0.3) is 0 Å². The lowest BCUT2D eigenvalue weighted by atomic mass is 9.75. The fraction of sp³-hybridized carbons (Fsp3) is 0.273. The van der Waals surface area contributed by atoms with E-state index < -0.39 is 17.9 Å². The molecule has 3 atom stereocenters. The van der Waals surface area contributed by atoms with Gasteiger partial charge in [-0.05, 0) is 42.2 Å². The van der Waals surface area contributed by atoms with Gasteiger partial charge in [-0.15, -0.1) is 0 Å². The number of para-hydroxylation sites is 2. The van der Waals surface area contributed by atoms with Crippen LogP contribution in [0.5, 0.6) is 0 Å². The molecule has 1 heterocycles. The summed E-state index contributed by atoms with van der Waals surface area (Å²) in [4.78, 5) is 25.9. The number of fused-ring (bicyclic) bond motifs is 1. The fourth-order valence-corrected chi connectivity index (χ4v) is 4.38. The van der Waals surface area contributed by atoms with Crippen LogP contribution in [-0.2, 0) is 14.3 Å². The maximum Gasteiger partial charge on any atom is 0.316 e. The van der Waals surface area contributed by atoms with Gasteiger partial charge in [0.05, 0.1) is 34.6 Å². The second-order valence-corrected chi connectivity index (χ2v) is 8.17. The van der Waals surface area contributed by atoms with E-state index in [0.29, 0.717) is 22.0 Å². The van der Waals surface area contributed by atoms with Gasteiger partial charge in [0.15, 0.2) is 5.78 Å². The number of rotatable bonds is 2. The molecule has 0 saturated heterocycles. The average molecular weight is 431 g/mol. The summed E-state index contributed by atoms with van der Waals surface area (Å²) in [5.74, 6) is -1.77. The van der Waals surface area contributed by atoms with Crippen LogP contribution in [0.4, 0.5) is 11.4 Å². The molecule has 2 aromatic carbocycles. The first-order valence-corrected chi connectivity index (χ1v) is 10.1. The van der Waals surface area contributed by atoms with Crippen molar-refractivity contribution in [2.75, 3.05) is 17.7 Å². The van der Waals surface area contributed by atoms with Gasteiger partial charge in [-0.25, -0.2) is 0 Å². The number of hydrogen-bond donors (Lipinski definition) is 2. The molecule has 0 saturated carbocycles. The van der Waals surface area contributed by atoms with Crippen molar-refractivity contribution in [1.29, 1.82) is 0 Å². The monoisotopic (exact) mass is 430 g/mol. The molecule has 1 aliphatic carbocycles. The molecule has 0 amide bonds. The van der Waals surface area contributed by atoms with Crippen LogP contribution in [0.2, 0.25) is 10.0 Å². The number of Topliss-reactive ketones (excluding diaryl/α,β-unsaturated/α-hetero) is 1. The number of ketones is 1. The maximum absolute atomic E-state index is 13.5. The number of allylic oxidation sites excluding steroid dienone is 1. The molecule has 0 radical (unpaired) electrons. The van der Waals surface area contributed by atoms with Crippen molar-refractivity contribution >= 4 is 46.3 Å². The largest absolute Gasteiger partial charge is 0.468 e. The summed E-state index contributed by atoms with van der Waals surface area (Å²) >= 11 is 12.4. The number of nitrogens with one attached hydrogen (secondary N) is 2. The van der Waals surface area contributed by atoms with Gasteiger partial charge in [0.25, 0.3) is 0 Å². The Bertz CT molecular complexity index is 1030. The first-order chi connectivity index (χ1) is 13.9. The molecule has 2 aliphatic rings. The molecule has 0 spiro atoms. The highest BCUT2D eigenvalue weighted by molar-refractivity contribution is 6.42. The second kappa shape index (κ2) is 7.73. The average Bonchev–Trinajstić information content (AvgIpc) is 2.86. The summed E-state index contributed by atoms with van der Waals surface area (Å²) in [5, 5.41) is 7.70. The van der Waals surface area contributed by atoms with Crippen LogP contribution in [-0.4, -0.2) is 18.9 Å². The molecule has 1 aliphatic heterocycles. The van der Waals surface area contributed by atoms with Gasteiger partial charge in [-0.1, -0.05) is 48.3 Å². The van der Waals surface area contributed by atoms with E-state index in [1.54, 1.807) is 12.1 Å². The smallest absolute Gasteiger partial charge is 0.316 e.